The highest BCUT2D eigenvalue weighted by atomic mass is 16.6. The highest BCUT2D eigenvalue weighted by Crippen LogP contribution is 2.27. The number of ether oxygens (including phenoxy) is 3. The molecule has 220 valence electrons. The zero-order chi connectivity index (χ0) is 30.5. The van der Waals surface area contributed by atoms with Gasteiger partial charge in [-0.05, 0) is 16.7 Å². The number of alkyl carbamates (subject to hydrolysis) is 1. The lowest BCUT2D eigenvalue weighted by atomic mass is 9.87. The number of nitro groups is 1. The van der Waals surface area contributed by atoms with E-state index in [4.69, 9.17) is 14.2 Å². The lowest BCUT2D eigenvalue weighted by Crippen LogP contribution is -2.54. The molecule has 3 rings (SSSR count). The fraction of sp³-hybridized carbons (Fsp3) is 0.267. The zero-order valence-corrected chi connectivity index (χ0v) is 23.1. The Kier molecular flexibility index (Phi) is 11.5. The topological polar surface area (TPSA) is 163 Å². The van der Waals surface area contributed by atoms with E-state index < -0.39 is 46.9 Å². The molecule has 0 saturated heterocycles. The summed E-state index contributed by atoms with van der Waals surface area (Å²) < 4.78 is 15.0. The molecule has 0 fully saturated rings. The van der Waals surface area contributed by atoms with Crippen LogP contribution in [-0.2, 0) is 41.6 Å². The minimum atomic E-state index is -1.41. The van der Waals surface area contributed by atoms with Gasteiger partial charge in [-0.3, -0.25) is 19.7 Å². The van der Waals surface area contributed by atoms with Crippen LogP contribution < -0.4 is 10.6 Å². The van der Waals surface area contributed by atoms with Crippen molar-refractivity contribution in [2.24, 2.45) is 0 Å². The van der Waals surface area contributed by atoms with Crippen LogP contribution in [0.15, 0.2) is 84.9 Å². The van der Waals surface area contributed by atoms with Gasteiger partial charge >= 0.3 is 18.0 Å². The standard InChI is InChI=1S/C30H31N3O9/c1-40-26(34)18-24(22-13-15-23(16-14-22)33(38)39)27(29(36)41-2)32-28(35)25(17-20-9-5-3-6-10-20)31-30(37)42-19-21-11-7-4-8-12-21/h3-16,24-25,27H,17-19H2,1-2H3,(H,31,37)(H,32,35)/t24-,25-,27-/m1/s1. The number of hydrogen-bond donors (Lipinski definition) is 2. The summed E-state index contributed by atoms with van der Waals surface area (Å²) in [4.78, 5) is 62.2. The Morgan fingerprint density at radius 3 is 1.95 bits per heavy atom. The number of hydrogen-bond acceptors (Lipinski definition) is 9. The van der Waals surface area contributed by atoms with Crippen molar-refractivity contribution in [2.45, 2.75) is 37.5 Å². The largest absolute Gasteiger partial charge is 0.469 e. The van der Waals surface area contributed by atoms with Crippen LogP contribution in [0.4, 0.5) is 10.5 Å². The number of nitrogens with zero attached hydrogens (tertiary/aromatic N) is 1. The number of benzene rings is 3. The minimum absolute atomic E-state index is 0.0293. The number of non-ortho nitro benzene ring substituents is 1. The number of amides is 2. The Morgan fingerprint density at radius 1 is 0.810 bits per heavy atom. The Bertz CT molecular complexity index is 1370. The normalized spacial score (nSPS) is 12.6. The van der Waals surface area contributed by atoms with E-state index in [1.54, 1.807) is 54.6 Å². The third kappa shape index (κ3) is 9.15. The Morgan fingerprint density at radius 2 is 1.40 bits per heavy atom. The number of carbonyl (C=O) groups excluding carboxylic acids is 4. The van der Waals surface area contributed by atoms with E-state index in [1.807, 2.05) is 6.07 Å². The molecule has 12 heteroatoms. The van der Waals surface area contributed by atoms with Crippen LogP contribution in [0.25, 0.3) is 0 Å². The van der Waals surface area contributed by atoms with Gasteiger partial charge in [0.1, 0.15) is 18.7 Å². The van der Waals surface area contributed by atoms with Crippen LogP contribution >= 0.6 is 0 Å². The van der Waals surface area contributed by atoms with Gasteiger partial charge in [0.05, 0.1) is 25.6 Å². The molecular formula is C30H31N3O9. The van der Waals surface area contributed by atoms with Crippen LogP contribution in [0.5, 0.6) is 0 Å². The fourth-order valence-corrected chi connectivity index (χ4v) is 4.20. The van der Waals surface area contributed by atoms with E-state index in [0.717, 1.165) is 18.2 Å². The van der Waals surface area contributed by atoms with E-state index in [1.165, 1.54) is 31.4 Å². The summed E-state index contributed by atoms with van der Waals surface area (Å²) in [6.07, 6.45) is -1.16. The van der Waals surface area contributed by atoms with Crippen LogP contribution in [0, 0.1) is 10.1 Å². The van der Waals surface area contributed by atoms with E-state index in [2.05, 4.69) is 10.6 Å². The molecular weight excluding hydrogens is 546 g/mol. The van der Waals surface area contributed by atoms with Crippen molar-refractivity contribution in [1.29, 1.82) is 0 Å². The van der Waals surface area contributed by atoms with E-state index in [0.29, 0.717) is 5.56 Å². The van der Waals surface area contributed by atoms with Gasteiger partial charge in [-0.15, -0.1) is 0 Å². The van der Waals surface area contributed by atoms with Gasteiger partial charge < -0.3 is 24.8 Å². The number of nitro benzene ring substituents is 1. The molecule has 0 aliphatic heterocycles. The van der Waals surface area contributed by atoms with Crippen LogP contribution in [-0.4, -0.2) is 55.2 Å². The Balaban J connectivity index is 1.88. The molecule has 12 nitrogen and oxygen atoms in total. The smallest absolute Gasteiger partial charge is 0.408 e. The van der Waals surface area contributed by atoms with Gasteiger partial charge in [0.15, 0.2) is 0 Å². The molecule has 3 atom stereocenters. The highest BCUT2D eigenvalue weighted by Gasteiger charge is 2.36. The molecule has 3 aromatic rings. The molecule has 2 amide bonds. The van der Waals surface area contributed by atoms with Crippen molar-refractivity contribution in [2.75, 3.05) is 14.2 Å². The molecule has 0 radical (unpaired) electrons. The zero-order valence-electron chi connectivity index (χ0n) is 23.1. The molecule has 3 aromatic carbocycles. The number of esters is 2. The van der Waals surface area contributed by atoms with Gasteiger partial charge in [0.25, 0.3) is 5.69 Å². The first-order valence-corrected chi connectivity index (χ1v) is 12.9. The van der Waals surface area contributed by atoms with E-state index in [9.17, 15) is 29.3 Å². The quantitative estimate of drug-likeness (QED) is 0.134. The van der Waals surface area contributed by atoms with Gasteiger partial charge in [-0.2, -0.15) is 0 Å². The molecule has 0 spiro atoms. The van der Waals surface area contributed by atoms with Gasteiger partial charge in [-0.1, -0.05) is 72.8 Å². The first-order chi connectivity index (χ1) is 20.2. The number of carbonyl (C=O) groups is 4. The second kappa shape index (κ2) is 15.5. The van der Waals surface area contributed by atoms with E-state index >= 15 is 0 Å². The van der Waals surface area contributed by atoms with Crippen molar-refractivity contribution in [3.8, 4) is 0 Å². The summed E-state index contributed by atoms with van der Waals surface area (Å²) in [5, 5.41) is 16.3. The summed E-state index contributed by atoms with van der Waals surface area (Å²) in [6.45, 7) is -0.0293. The lowest BCUT2D eigenvalue weighted by Gasteiger charge is -2.28. The minimum Gasteiger partial charge on any atom is -0.469 e. The van der Waals surface area contributed by atoms with Crippen LogP contribution in [0.1, 0.15) is 29.0 Å². The second-order valence-electron chi connectivity index (χ2n) is 9.19. The number of nitrogens with one attached hydrogen (secondary N) is 2. The number of rotatable bonds is 13. The molecule has 42 heavy (non-hydrogen) atoms. The maximum atomic E-state index is 13.6. The van der Waals surface area contributed by atoms with Crippen molar-refractivity contribution in [3.63, 3.8) is 0 Å². The lowest BCUT2D eigenvalue weighted by molar-refractivity contribution is -0.384. The van der Waals surface area contributed by atoms with Crippen molar-refractivity contribution in [3.05, 3.63) is 112 Å². The SMILES string of the molecule is COC(=O)C[C@H](c1ccc([N+](=O)[O-])cc1)[C@@H](NC(=O)[C@@H](Cc1ccccc1)NC(=O)OCc1ccccc1)C(=O)OC. The average Bonchev–Trinajstić information content (AvgIpc) is 3.01. The van der Waals surface area contributed by atoms with Gasteiger partial charge in [-0.25, -0.2) is 9.59 Å². The molecule has 0 heterocycles. The predicted octanol–water partition coefficient (Wildman–Crippen LogP) is 3.44. The summed E-state index contributed by atoms with van der Waals surface area (Å²) in [6, 6.07) is 20.5. The monoisotopic (exact) mass is 577 g/mol. The van der Waals surface area contributed by atoms with Crippen LogP contribution in [0.2, 0.25) is 0 Å². The van der Waals surface area contributed by atoms with E-state index in [-0.39, 0.29) is 25.1 Å². The predicted molar refractivity (Wildman–Crippen MR) is 150 cm³/mol. The molecule has 0 aromatic heterocycles. The van der Waals surface area contributed by atoms with Crippen molar-refractivity contribution >= 4 is 29.6 Å². The average molecular weight is 578 g/mol. The van der Waals surface area contributed by atoms with Crippen molar-refractivity contribution in [1.82, 2.24) is 10.6 Å². The van der Waals surface area contributed by atoms with Gasteiger partial charge in [0, 0.05) is 24.5 Å². The molecule has 0 aliphatic carbocycles. The third-order valence-electron chi connectivity index (χ3n) is 6.41. The molecule has 0 aliphatic rings. The molecule has 0 bridgehead atoms. The second-order valence-corrected chi connectivity index (χ2v) is 9.19. The summed E-state index contributed by atoms with van der Waals surface area (Å²) in [5.41, 5.74) is 1.61. The number of methoxy groups -OCH3 is 2. The molecule has 0 saturated carbocycles. The maximum Gasteiger partial charge on any atom is 0.408 e. The third-order valence-corrected chi connectivity index (χ3v) is 6.41. The van der Waals surface area contributed by atoms with Gasteiger partial charge in [0.2, 0.25) is 5.91 Å². The molecule has 2 N–H and O–H groups in total. The maximum absolute atomic E-state index is 13.6. The highest BCUT2D eigenvalue weighted by molar-refractivity contribution is 5.90. The first-order valence-electron chi connectivity index (χ1n) is 12.9. The summed E-state index contributed by atoms with van der Waals surface area (Å²) in [5.74, 6) is -3.33. The molecule has 0 unspecified atom stereocenters. The fourth-order valence-electron chi connectivity index (χ4n) is 4.20. The first kappa shape index (κ1) is 31.3. The van der Waals surface area contributed by atoms with Crippen LogP contribution in [0.3, 0.4) is 0 Å². The Labute approximate surface area is 242 Å². The van der Waals surface area contributed by atoms with Crippen molar-refractivity contribution < 1.29 is 38.3 Å². The summed E-state index contributed by atoms with van der Waals surface area (Å²) in [7, 11) is 2.29. The Hall–Kier alpha value is -5.26. The summed E-state index contributed by atoms with van der Waals surface area (Å²) >= 11 is 0.